The minimum Gasteiger partial charge on any atom is -0.221 e. The van der Waals surface area contributed by atoms with E-state index in [9.17, 15) is 0 Å². The van der Waals surface area contributed by atoms with E-state index in [-0.39, 0.29) is 0 Å². The summed E-state index contributed by atoms with van der Waals surface area (Å²) in [5.74, 6) is 0. The van der Waals surface area contributed by atoms with Crippen molar-refractivity contribution in [2.24, 2.45) is 5.41 Å². The van der Waals surface area contributed by atoms with Crippen molar-refractivity contribution in [2.45, 2.75) is 91.4 Å². The van der Waals surface area contributed by atoms with Crippen LogP contribution in [0.1, 0.15) is 91.4 Å². The Balaban J connectivity index is 3.89. The Morgan fingerprint density at radius 1 is 0.737 bits per heavy atom. The van der Waals surface area contributed by atoms with Crippen LogP contribution in [0.5, 0.6) is 0 Å². The normalized spacial score (nSPS) is 12.0. The molecule has 0 atom stereocenters. The molecule has 0 aliphatic heterocycles. The molecule has 1 N–H and O–H groups in total. The van der Waals surface area contributed by atoms with Crippen LogP contribution in [0, 0.1) is 5.41 Å². The summed E-state index contributed by atoms with van der Waals surface area (Å²) in [5, 5.41) is 11.6. The van der Waals surface area contributed by atoms with Crippen molar-refractivity contribution in [1.29, 1.82) is 0 Å². The van der Waals surface area contributed by atoms with Crippen LogP contribution in [-0.4, -0.2) is 11.9 Å². The molecule has 0 radical (unpaired) electrons. The van der Waals surface area contributed by atoms with E-state index < -0.39 is 0 Å². The fourth-order valence-corrected chi connectivity index (χ4v) is 3.39. The zero-order chi connectivity index (χ0) is 14.4. The highest BCUT2D eigenvalue weighted by Crippen LogP contribution is 2.40. The minimum absolute atomic E-state index is 0.487. The standard InChI is InChI=1S/C16H34O3/c1-4-11-16(12-5-2,13-6-3)14-9-7-8-10-15-18-19-17/h17H,4-15H2,1-3H3. The second-order valence-corrected chi connectivity index (χ2v) is 5.81. The highest BCUT2D eigenvalue weighted by molar-refractivity contribution is 4.78. The van der Waals surface area contributed by atoms with Crippen molar-refractivity contribution in [2.75, 3.05) is 6.61 Å². The van der Waals surface area contributed by atoms with Gasteiger partial charge in [0.2, 0.25) is 0 Å². The molecule has 3 nitrogen and oxygen atoms in total. The molecule has 0 aromatic heterocycles. The van der Waals surface area contributed by atoms with Crippen LogP contribution in [0.25, 0.3) is 0 Å². The molecule has 0 saturated carbocycles. The molecule has 0 bridgehead atoms. The molecule has 3 heteroatoms. The first kappa shape index (κ1) is 18.9. The van der Waals surface area contributed by atoms with Crippen molar-refractivity contribution in [3.63, 3.8) is 0 Å². The quantitative estimate of drug-likeness (QED) is 0.249. The molecule has 0 saturated heterocycles. The van der Waals surface area contributed by atoms with Crippen LogP contribution < -0.4 is 0 Å². The number of hydrogen-bond donors (Lipinski definition) is 1. The molecule has 0 fully saturated rings. The average molecular weight is 274 g/mol. The van der Waals surface area contributed by atoms with Gasteiger partial charge in [-0.1, -0.05) is 64.3 Å². The second kappa shape index (κ2) is 12.9. The third kappa shape index (κ3) is 9.42. The molecular weight excluding hydrogens is 240 g/mol. The number of rotatable bonds is 14. The molecule has 0 spiro atoms. The van der Waals surface area contributed by atoms with Gasteiger partial charge < -0.3 is 0 Å². The molecule has 0 aliphatic rings. The largest absolute Gasteiger partial charge is 0.221 e. The van der Waals surface area contributed by atoms with Crippen molar-refractivity contribution >= 4 is 0 Å². The van der Waals surface area contributed by atoms with Crippen LogP contribution >= 0.6 is 0 Å². The number of unbranched alkanes of at least 4 members (excludes halogenated alkanes) is 3. The van der Waals surface area contributed by atoms with Crippen molar-refractivity contribution in [3.8, 4) is 0 Å². The van der Waals surface area contributed by atoms with Crippen LogP contribution in [0.4, 0.5) is 0 Å². The smallest absolute Gasteiger partial charge is 0.0853 e. The lowest BCUT2D eigenvalue weighted by atomic mass is 9.72. The third-order valence-electron chi connectivity index (χ3n) is 4.08. The van der Waals surface area contributed by atoms with Crippen LogP contribution in [-0.2, 0) is 9.93 Å². The number of hydrogen-bond acceptors (Lipinski definition) is 3. The van der Waals surface area contributed by atoms with E-state index in [0.29, 0.717) is 12.0 Å². The fraction of sp³-hybridized carbons (Fsp3) is 1.00. The summed E-state index contributed by atoms with van der Waals surface area (Å²) in [6.07, 6.45) is 14.1. The average Bonchev–Trinajstić information content (AvgIpc) is 2.39. The van der Waals surface area contributed by atoms with E-state index in [1.165, 1.54) is 57.8 Å². The molecule has 0 aromatic carbocycles. The van der Waals surface area contributed by atoms with Gasteiger partial charge in [-0.2, -0.15) is 0 Å². The van der Waals surface area contributed by atoms with E-state index in [4.69, 9.17) is 5.26 Å². The first-order valence-electron chi connectivity index (χ1n) is 8.17. The highest BCUT2D eigenvalue weighted by Gasteiger charge is 2.26. The SMILES string of the molecule is CCCC(CCC)(CCC)CCCCCCOOO. The minimum atomic E-state index is 0.487. The van der Waals surface area contributed by atoms with Crippen LogP contribution in [0.3, 0.4) is 0 Å². The maximum Gasteiger partial charge on any atom is 0.0853 e. The Labute approximate surface area is 119 Å². The summed E-state index contributed by atoms with van der Waals surface area (Å²) in [5.41, 5.74) is 0.600. The van der Waals surface area contributed by atoms with Crippen molar-refractivity contribution in [1.82, 2.24) is 0 Å². The molecule has 0 aliphatic carbocycles. The van der Waals surface area contributed by atoms with Crippen molar-refractivity contribution < 1.29 is 15.2 Å². The Hall–Kier alpha value is -0.120. The summed E-state index contributed by atoms with van der Waals surface area (Å²) < 4.78 is 0. The van der Waals surface area contributed by atoms with E-state index in [1.807, 2.05) is 0 Å². The van der Waals surface area contributed by atoms with Crippen molar-refractivity contribution in [3.05, 3.63) is 0 Å². The third-order valence-corrected chi connectivity index (χ3v) is 4.08. The Morgan fingerprint density at radius 2 is 1.26 bits per heavy atom. The summed E-state index contributed by atoms with van der Waals surface area (Å²) in [6.45, 7) is 7.42. The molecule has 0 amide bonds. The zero-order valence-electron chi connectivity index (χ0n) is 13.2. The van der Waals surface area contributed by atoms with E-state index >= 15 is 0 Å². The molecule has 0 heterocycles. The molecule has 0 unspecified atom stereocenters. The van der Waals surface area contributed by atoms with Gasteiger partial charge in [-0.05, 0) is 37.5 Å². The summed E-state index contributed by atoms with van der Waals surface area (Å²) in [4.78, 5) is 4.45. The van der Waals surface area contributed by atoms with Gasteiger partial charge in [0, 0.05) is 0 Å². The van der Waals surface area contributed by atoms with E-state index in [1.54, 1.807) is 0 Å². The predicted octanol–water partition coefficient (Wildman–Crippen LogP) is 5.74. The lowest BCUT2D eigenvalue weighted by Gasteiger charge is -2.34. The molecular formula is C16H34O3. The van der Waals surface area contributed by atoms with Gasteiger partial charge in [0.1, 0.15) is 0 Å². The fourth-order valence-electron chi connectivity index (χ4n) is 3.39. The highest BCUT2D eigenvalue weighted by atomic mass is 17.5. The summed E-state index contributed by atoms with van der Waals surface area (Å²) in [7, 11) is 0. The van der Waals surface area contributed by atoms with Gasteiger partial charge in [0.05, 0.1) is 6.61 Å². The zero-order valence-corrected chi connectivity index (χ0v) is 13.2. The van der Waals surface area contributed by atoms with Crippen LogP contribution in [0.15, 0.2) is 0 Å². The molecule has 116 valence electrons. The van der Waals surface area contributed by atoms with Gasteiger partial charge in [-0.25, -0.2) is 10.1 Å². The van der Waals surface area contributed by atoms with E-state index in [0.717, 1.165) is 12.8 Å². The monoisotopic (exact) mass is 274 g/mol. The first-order valence-corrected chi connectivity index (χ1v) is 8.17. The lowest BCUT2D eigenvalue weighted by Crippen LogP contribution is -2.20. The summed E-state index contributed by atoms with van der Waals surface area (Å²) in [6, 6.07) is 0. The lowest BCUT2D eigenvalue weighted by molar-refractivity contribution is -0.490. The van der Waals surface area contributed by atoms with Gasteiger partial charge in [0.15, 0.2) is 0 Å². The maximum atomic E-state index is 8.03. The first-order chi connectivity index (χ1) is 9.24. The van der Waals surface area contributed by atoms with E-state index in [2.05, 4.69) is 30.7 Å². The van der Waals surface area contributed by atoms with Gasteiger partial charge in [-0.3, -0.25) is 0 Å². The van der Waals surface area contributed by atoms with Gasteiger partial charge in [0.25, 0.3) is 0 Å². The predicted molar refractivity (Wildman–Crippen MR) is 79.9 cm³/mol. The summed E-state index contributed by atoms with van der Waals surface area (Å²) >= 11 is 0. The van der Waals surface area contributed by atoms with Gasteiger partial charge >= 0.3 is 0 Å². The molecule has 0 rings (SSSR count). The Morgan fingerprint density at radius 3 is 1.74 bits per heavy atom. The second-order valence-electron chi connectivity index (χ2n) is 5.81. The topological polar surface area (TPSA) is 38.7 Å². The maximum absolute atomic E-state index is 8.03. The van der Waals surface area contributed by atoms with Crippen LogP contribution in [0.2, 0.25) is 0 Å². The Bertz CT molecular complexity index is 166. The van der Waals surface area contributed by atoms with Gasteiger partial charge in [-0.15, -0.1) is 0 Å². The molecule has 19 heavy (non-hydrogen) atoms. The molecule has 0 aromatic rings. The Kier molecular flexibility index (Phi) is 12.8.